The summed E-state index contributed by atoms with van der Waals surface area (Å²) in [7, 11) is 0. The fourth-order valence-electron chi connectivity index (χ4n) is 8.77. The predicted molar refractivity (Wildman–Crippen MR) is 253 cm³/mol. The van der Waals surface area contributed by atoms with Crippen LogP contribution in [0.25, 0.3) is 88.3 Å². The maximum atomic E-state index is 7.04. The van der Waals surface area contributed by atoms with Gasteiger partial charge in [0, 0.05) is 22.2 Å². The Morgan fingerprint density at radius 3 is 1.40 bits per heavy atom. The smallest absolute Gasteiger partial charge is 0.143 e. The summed E-state index contributed by atoms with van der Waals surface area (Å²) in [5, 5.41) is 4.48. The Labute approximate surface area is 349 Å². The highest BCUT2D eigenvalue weighted by atomic mass is 16.3. The summed E-state index contributed by atoms with van der Waals surface area (Å²) < 4.78 is 7.04. The first-order chi connectivity index (χ1) is 29.8. The molecule has 0 unspecified atom stereocenters. The molecule has 11 rings (SSSR count). The van der Waals surface area contributed by atoms with E-state index in [1.54, 1.807) is 0 Å². The number of benzene rings is 10. The Hall–Kier alpha value is -7.94. The molecule has 60 heavy (non-hydrogen) atoms. The summed E-state index contributed by atoms with van der Waals surface area (Å²) >= 11 is 0. The van der Waals surface area contributed by atoms with E-state index in [4.69, 9.17) is 4.42 Å². The summed E-state index contributed by atoms with van der Waals surface area (Å²) in [5.41, 5.74) is 16.6. The molecule has 0 N–H and O–H groups in total. The van der Waals surface area contributed by atoms with Gasteiger partial charge in [0.2, 0.25) is 0 Å². The van der Waals surface area contributed by atoms with Crippen LogP contribution in [0.3, 0.4) is 0 Å². The molecule has 0 spiro atoms. The molecule has 282 valence electrons. The molecule has 10 aromatic carbocycles. The molecule has 0 aliphatic carbocycles. The first kappa shape index (κ1) is 35.2. The van der Waals surface area contributed by atoms with Gasteiger partial charge in [-0.05, 0) is 91.7 Å². The SMILES string of the molecule is c1ccc(-c2ccc(-c3ccccc3N(c3ccc(-c4ccccc4)cc3)c3cccc4oc5c(-c6ccc(-c7ccccc7)cc6)c6ccccc6cc5c34)cc2)cc1. The van der Waals surface area contributed by atoms with Crippen LogP contribution in [0, 0.1) is 0 Å². The molecular weight excluding hydrogens is 727 g/mol. The van der Waals surface area contributed by atoms with Crippen LogP contribution in [0.1, 0.15) is 0 Å². The lowest BCUT2D eigenvalue weighted by molar-refractivity contribution is 0.670. The molecule has 1 heterocycles. The van der Waals surface area contributed by atoms with Crippen molar-refractivity contribution in [1.29, 1.82) is 0 Å². The number of hydrogen-bond donors (Lipinski definition) is 0. The van der Waals surface area contributed by atoms with Crippen LogP contribution in [-0.4, -0.2) is 0 Å². The second-order valence-corrected chi connectivity index (χ2v) is 15.3. The third kappa shape index (κ3) is 6.32. The molecule has 0 atom stereocenters. The van der Waals surface area contributed by atoms with E-state index in [-0.39, 0.29) is 0 Å². The molecular formula is C58H39NO. The fraction of sp³-hybridized carbons (Fsp3) is 0. The summed E-state index contributed by atoms with van der Waals surface area (Å²) in [5.74, 6) is 0. The van der Waals surface area contributed by atoms with Gasteiger partial charge in [-0.3, -0.25) is 0 Å². The second-order valence-electron chi connectivity index (χ2n) is 15.3. The van der Waals surface area contributed by atoms with Crippen LogP contribution >= 0.6 is 0 Å². The van der Waals surface area contributed by atoms with E-state index < -0.39 is 0 Å². The van der Waals surface area contributed by atoms with Gasteiger partial charge in [0.25, 0.3) is 0 Å². The second kappa shape index (κ2) is 15.1. The molecule has 0 saturated heterocycles. The van der Waals surface area contributed by atoms with Gasteiger partial charge in [-0.2, -0.15) is 0 Å². The largest absolute Gasteiger partial charge is 0.455 e. The average Bonchev–Trinajstić information content (AvgIpc) is 3.71. The molecule has 0 fully saturated rings. The fourth-order valence-corrected chi connectivity index (χ4v) is 8.77. The molecule has 11 aromatic rings. The van der Waals surface area contributed by atoms with Gasteiger partial charge in [-0.25, -0.2) is 0 Å². The van der Waals surface area contributed by atoms with Crippen molar-refractivity contribution < 1.29 is 4.42 Å². The van der Waals surface area contributed by atoms with Crippen LogP contribution in [0.5, 0.6) is 0 Å². The van der Waals surface area contributed by atoms with Gasteiger partial charge >= 0.3 is 0 Å². The Morgan fingerprint density at radius 2 is 0.783 bits per heavy atom. The zero-order valence-corrected chi connectivity index (χ0v) is 32.9. The first-order valence-electron chi connectivity index (χ1n) is 20.5. The van der Waals surface area contributed by atoms with Crippen LogP contribution in [0.4, 0.5) is 17.1 Å². The van der Waals surface area contributed by atoms with Crippen LogP contribution in [-0.2, 0) is 0 Å². The highest BCUT2D eigenvalue weighted by molar-refractivity contribution is 6.22. The summed E-state index contributed by atoms with van der Waals surface area (Å²) in [6.45, 7) is 0. The Bertz CT molecular complexity index is 3260. The van der Waals surface area contributed by atoms with E-state index in [9.17, 15) is 0 Å². The van der Waals surface area contributed by atoms with Crippen LogP contribution in [0.2, 0.25) is 0 Å². The number of fused-ring (bicyclic) bond motifs is 4. The third-order valence-corrected chi connectivity index (χ3v) is 11.7. The Balaban J connectivity index is 1.13. The minimum atomic E-state index is 0.843. The van der Waals surface area contributed by atoms with Crippen molar-refractivity contribution in [3.63, 3.8) is 0 Å². The van der Waals surface area contributed by atoms with Gasteiger partial charge in [0.05, 0.1) is 16.8 Å². The van der Waals surface area contributed by atoms with Crippen LogP contribution < -0.4 is 4.90 Å². The van der Waals surface area contributed by atoms with E-state index in [1.807, 2.05) is 0 Å². The van der Waals surface area contributed by atoms with E-state index in [0.29, 0.717) is 0 Å². The molecule has 0 bridgehead atoms. The van der Waals surface area contributed by atoms with Gasteiger partial charge in [0.1, 0.15) is 11.2 Å². The number of para-hydroxylation sites is 1. The van der Waals surface area contributed by atoms with Crippen molar-refractivity contribution in [3.8, 4) is 55.6 Å². The zero-order chi connectivity index (χ0) is 39.8. The minimum Gasteiger partial charge on any atom is -0.455 e. The van der Waals surface area contributed by atoms with Gasteiger partial charge < -0.3 is 9.32 Å². The van der Waals surface area contributed by atoms with E-state index in [1.165, 1.54) is 38.8 Å². The van der Waals surface area contributed by atoms with Crippen molar-refractivity contribution in [2.45, 2.75) is 0 Å². The van der Waals surface area contributed by atoms with Crippen molar-refractivity contribution >= 4 is 49.8 Å². The molecule has 2 nitrogen and oxygen atoms in total. The summed E-state index contributed by atoms with van der Waals surface area (Å²) in [4.78, 5) is 2.41. The molecule has 0 radical (unpaired) electrons. The molecule has 2 heteroatoms. The Kier molecular flexibility index (Phi) is 8.87. The van der Waals surface area contributed by atoms with Crippen molar-refractivity contribution in [3.05, 3.63) is 237 Å². The number of nitrogens with zero attached hydrogens (tertiary/aromatic N) is 1. The van der Waals surface area contributed by atoms with E-state index >= 15 is 0 Å². The average molecular weight is 766 g/mol. The Morgan fingerprint density at radius 1 is 0.317 bits per heavy atom. The van der Waals surface area contributed by atoms with E-state index in [2.05, 4.69) is 241 Å². The third-order valence-electron chi connectivity index (χ3n) is 11.7. The first-order valence-corrected chi connectivity index (χ1v) is 20.5. The normalized spacial score (nSPS) is 11.3. The maximum absolute atomic E-state index is 7.04. The molecule has 0 aliphatic heterocycles. The quantitative estimate of drug-likeness (QED) is 0.153. The molecule has 1 aromatic heterocycles. The molecule has 0 amide bonds. The maximum Gasteiger partial charge on any atom is 0.143 e. The molecule has 0 saturated carbocycles. The number of anilines is 3. The monoisotopic (exact) mass is 765 g/mol. The summed E-state index contributed by atoms with van der Waals surface area (Å²) in [6.07, 6.45) is 0. The lowest BCUT2D eigenvalue weighted by Crippen LogP contribution is -2.11. The van der Waals surface area contributed by atoms with E-state index in [0.717, 1.165) is 66.6 Å². The van der Waals surface area contributed by atoms with Gasteiger partial charge in [0.15, 0.2) is 0 Å². The standard InChI is InChI=1S/C58H39NO/c1-4-15-40(16-5-1)43-27-31-46(32-28-43)50-22-12-13-24-53(50)59(49-37-35-45(36-38-49)42-19-8-3-9-20-42)54-25-14-26-55-57(54)52-39-48-21-10-11-23-51(48)56(58(52)60-55)47-33-29-44(30-34-47)41-17-6-2-7-18-41/h1-39H. The van der Waals surface area contributed by atoms with Crippen LogP contribution in [0.15, 0.2) is 241 Å². The minimum absolute atomic E-state index is 0.843. The zero-order valence-electron chi connectivity index (χ0n) is 32.9. The van der Waals surface area contributed by atoms with Gasteiger partial charge in [-0.1, -0.05) is 200 Å². The number of furan rings is 1. The highest BCUT2D eigenvalue weighted by Gasteiger charge is 2.24. The summed E-state index contributed by atoms with van der Waals surface area (Å²) in [6, 6.07) is 84.7. The highest BCUT2D eigenvalue weighted by Crippen LogP contribution is 2.49. The lowest BCUT2D eigenvalue weighted by Gasteiger charge is -2.28. The predicted octanol–water partition coefficient (Wildman–Crippen LogP) is 16.5. The molecule has 0 aliphatic rings. The van der Waals surface area contributed by atoms with Crippen molar-refractivity contribution in [2.24, 2.45) is 0 Å². The number of rotatable bonds is 8. The van der Waals surface area contributed by atoms with Gasteiger partial charge in [-0.15, -0.1) is 0 Å². The lowest BCUT2D eigenvalue weighted by atomic mass is 9.93. The van der Waals surface area contributed by atoms with Crippen molar-refractivity contribution in [1.82, 2.24) is 0 Å². The van der Waals surface area contributed by atoms with Crippen molar-refractivity contribution in [2.75, 3.05) is 4.90 Å². The topological polar surface area (TPSA) is 16.4 Å². The number of hydrogen-bond acceptors (Lipinski definition) is 2.